The van der Waals surface area contributed by atoms with Gasteiger partial charge in [-0.15, -0.1) is 0 Å². The average molecular weight is 339 g/mol. The third-order valence-electron chi connectivity index (χ3n) is 5.69. The van der Waals surface area contributed by atoms with Gasteiger partial charge >= 0.3 is 0 Å². The second-order valence-electron chi connectivity index (χ2n) is 7.09. The SMILES string of the molecule is CN1SC2c3cc4ccccc4cc3C1c1cc3ccccc3cc12. The lowest BCUT2D eigenvalue weighted by Gasteiger charge is -2.45. The predicted molar refractivity (Wildman–Crippen MR) is 107 cm³/mol. The minimum Gasteiger partial charge on any atom is -0.241 e. The Morgan fingerprint density at radius 2 is 1.04 bits per heavy atom. The van der Waals surface area contributed by atoms with Crippen molar-refractivity contribution in [1.29, 1.82) is 0 Å². The van der Waals surface area contributed by atoms with Crippen LogP contribution in [-0.4, -0.2) is 11.4 Å². The molecule has 2 heteroatoms. The Morgan fingerprint density at radius 3 is 1.48 bits per heavy atom. The monoisotopic (exact) mass is 339 g/mol. The van der Waals surface area contributed by atoms with Gasteiger partial charge in [-0.3, -0.25) is 0 Å². The number of nitrogens with zero attached hydrogens (tertiary/aromatic N) is 1. The van der Waals surface area contributed by atoms with E-state index < -0.39 is 0 Å². The third-order valence-corrected chi connectivity index (χ3v) is 6.95. The highest BCUT2D eigenvalue weighted by atomic mass is 32.2. The second kappa shape index (κ2) is 4.87. The molecule has 4 aromatic rings. The number of benzene rings is 4. The van der Waals surface area contributed by atoms with Crippen LogP contribution in [0.15, 0.2) is 72.8 Å². The molecule has 0 amide bonds. The summed E-state index contributed by atoms with van der Waals surface area (Å²) in [7, 11) is 2.23. The van der Waals surface area contributed by atoms with Crippen molar-refractivity contribution in [2.75, 3.05) is 7.05 Å². The summed E-state index contributed by atoms with van der Waals surface area (Å²) in [4.78, 5) is 0. The van der Waals surface area contributed by atoms with E-state index in [9.17, 15) is 0 Å². The van der Waals surface area contributed by atoms with Gasteiger partial charge in [-0.1, -0.05) is 60.5 Å². The van der Waals surface area contributed by atoms with Gasteiger partial charge < -0.3 is 0 Å². The lowest BCUT2D eigenvalue weighted by molar-refractivity contribution is 0.449. The van der Waals surface area contributed by atoms with Crippen molar-refractivity contribution in [2.45, 2.75) is 11.3 Å². The summed E-state index contributed by atoms with van der Waals surface area (Å²) >= 11 is 1.97. The van der Waals surface area contributed by atoms with E-state index in [1.54, 1.807) is 0 Å². The number of fused-ring (bicyclic) bond motifs is 3. The van der Waals surface area contributed by atoms with Gasteiger partial charge in [0.2, 0.25) is 0 Å². The van der Waals surface area contributed by atoms with Crippen molar-refractivity contribution in [2.24, 2.45) is 0 Å². The molecule has 2 aliphatic heterocycles. The summed E-state index contributed by atoms with van der Waals surface area (Å²) in [5.74, 6) is 0. The van der Waals surface area contributed by atoms with E-state index in [1.165, 1.54) is 43.8 Å². The molecule has 0 spiro atoms. The second-order valence-corrected chi connectivity index (χ2v) is 8.35. The molecule has 0 radical (unpaired) electrons. The highest BCUT2D eigenvalue weighted by Gasteiger charge is 2.41. The van der Waals surface area contributed by atoms with Gasteiger partial charge in [-0.25, -0.2) is 4.31 Å². The molecule has 2 heterocycles. The summed E-state index contributed by atoms with van der Waals surface area (Å²) in [6.07, 6.45) is 0. The fourth-order valence-electron chi connectivity index (χ4n) is 4.55. The van der Waals surface area contributed by atoms with Crippen LogP contribution in [0.1, 0.15) is 33.5 Å². The third kappa shape index (κ3) is 1.84. The Morgan fingerprint density at radius 1 is 0.640 bits per heavy atom. The molecular formula is C23H17NS. The molecule has 3 aliphatic rings. The fraction of sp³-hybridized carbons (Fsp3) is 0.130. The van der Waals surface area contributed by atoms with Crippen LogP contribution in [0.5, 0.6) is 0 Å². The maximum Gasteiger partial charge on any atom is 0.0706 e. The first-order valence-electron chi connectivity index (χ1n) is 8.74. The predicted octanol–water partition coefficient (Wildman–Crippen LogP) is 6.08. The topological polar surface area (TPSA) is 3.24 Å². The van der Waals surface area contributed by atoms with Crippen LogP contribution in [0.25, 0.3) is 21.5 Å². The van der Waals surface area contributed by atoms with Crippen molar-refractivity contribution in [3.8, 4) is 0 Å². The molecule has 0 saturated heterocycles. The van der Waals surface area contributed by atoms with Gasteiger partial charge in [-0.2, -0.15) is 0 Å². The van der Waals surface area contributed by atoms with Gasteiger partial charge in [0, 0.05) is 0 Å². The average Bonchev–Trinajstić information content (AvgIpc) is 2.65. The van der Waals surface area contributed by atoms with E-state index in [1.807, 2.05) is 11.9 Å². The fourth-order valence-corrected chi connectivity index (χ4v) is 5.86. The zero-order chi connectivity index (χ0) is 16.5. The molecular weight excluding hydrogens is 322 g/mol. The quantitative estimate of drug-likeness (QED) is 0.357. The van der Waals surface area contributed by atoms with Gasteiger partial charge in [0.1, 0.15) is 0 Å². The summed E-state index contributed by atoms with van der Waals surface area (Å²) in [5.41, 5.74) is 5.95. The smallest absolute Gasteiger partial charge is 0.0706 e. The zero-order valence-electron chi connectivity index (χ0n) is 13.9. The molecule has 0 saturated carbocycles. The van der Waals surface area contributed by atoms with Crippen molar-refractivity contribution in [3.63, 3.8) is 0 Å². The lowest BCUT2D eigenvalue weighted by Crippen LogP contribution is -2.33. The molecule has 1 nitrogen and oxygen atoms in total. The van der Waals surface area contributed by atoms with E-state index in [-0.39, 0.29) is 0 Å². The largest absolute Gasteiger partial charge is 0.241 e. The van der Waals surface area contributed by atoms with Gasteiger partial charge in [0.15, 0.2) is 0 Å². The van der Waals surface area contributed by atoms with Crippen LogP contribution in [0.3, 0.4) is 0 Å². The number of hydrogen-bond donors (Lipinski definition) is 0. The van der Waals surface area contributed by atoms with Gasteiger partial charge in [0.25, 0.3) is 0 Å². The van der Waals surface area contributed by atoms with E-state index in [0.717, 1.165) is 0 Å². The lowest BCUT2D eigenvalue weighted by atomic mass is 9.79. The summed E-state index contributed by atoms with van der Waals surface area (Å²) < 4.78 is 2.44. The van der Waals surface area contributed by atoms with Crippen LogP contribution in [-0.2, 0) is 0 Å². The van der Waals surface area contributed by atoms with Crippen LogP contribution in [0.4, 0.5) is 0 Å². The molecule has 0 N–H and O–H groups in total. The minimum absolute atomic E-state index is 0.342. The maximum atomic E-state index is 2.44. The van der Waals surface area contributed by atoms with Crippen molar-refractivity contribution in [1.82, 2.24) is 4.31 Å². The normalized spacial score (nSPS) is 21.5. The molecule has 2 bridgehead atoms. The van der Waals surface area contributed by atoms with Crippen molar-refractivity contribution in [3.05, 3.63) is 95.1 Å². The molecule has 0 aromatic heterocycles. The van der Waals surface area contributed by atoms with Crippen molar-refractivity contribution >= 4 is 33.5 Å². The summed E-state index contributed by atoms with van der Waals surface area (Å²) in [6, 6.07) is 27.5. The van der Waals surface area contributed by atoms with Crippen LogP contribution in [0.2, 0.25) is 0 Å². The molecule has 0 atom stereocenters. The first kappa shape index (κ1) is 13.9. The van der Waals surface area contributed by atoms with E-state index >= 15 is 0 Å². The molecule has 1 aliphatic carbocycles. The molecule has 120 valence electrons. The minimum atomic E-state index is 0.342. The van der Waals surface area contributed by atoms with E-state index in [2.05, 4.69) is 84.1 Å². The van der Waals surface area contributed by atoms with Gasteiger partial charge in [-0.05, 0) is 75.1 Å². The van der Waals surface area contributed by atoms with Crippen LogP contribution in [0, 0.1) is 0 Å². The van der Waals surface area contributed by atoms with Crippen LogP contribution >= 0.6 is 11.9 Å². The van der Waals surface area contributed by atoms with E-state index in [4.69, 9.17) is 0 Å². The van der Waals surface area contributed by atoms with E-state index in [0.29, 0.717) is 11.3 Å². The van der Waals surface area contributed by atoms with Crippen molar-refractivity contribution < 1.29 is 0 Å². The molecule has 7 rings (SSSR count). The number of hydrogen-bond acceptors (Lipinski definition) is 2. The Bertz CT molecular complexity index is 1080. The molecule has 25 heavy (non-hydrogen) atoms. The van der Waals surface area contributed by atoms with Gasteiger partial charge in [0.05, 0.1) is 11.3 Å². The van der Waals surface area contributed by atoms with Crippen LogP contribution < -0.4 is 0 Å². The Balaban J connectivity index is 1.68. The highest BCUT2D eigenvalue weighted by Crippen LogP contribution is 2.58. The Labute approximate surface area is 151 Å². The summed E-state index contributed by atoms with van der Waals surface area (Å²) in [6.45, 7) is 0. The molecule has 0 fully saturated rings. The number of rotatable bonds is 0. The Kier molecular flexibility index (Phi) is 2.72. The zero-order valence-corrected chi connectivity index (χ0v) is 14.8. The molecule has 4 aromatic carbocycles. The summed E-state index contributed by atoms with van der Waals surface area (Å²) in [5, 5.41) is 5.78. The Hall–Kier alpha value is -2.29. The standard InChI is InChI=1S/C23H17NS/c1-24-22-18-10-14-6-2-4-8-16(14)12-20(18)23(25-24)21-13-17-9-5-3-7-15(17)11-19(21)22/h2-13,22-23H,1H3. The maximum absolute atomic E-state index is 2.44. The first-order chi connectivity index (χ1) is 12.3. The molecule has 0 unspecified atom stereocenters. The first-order valence-corrected chi connectivity index (χ1v) is 9.58. The highest BCUT2D eigenvalue weighted by molar-refractivity contribution is 7.97.